The van der Waals surface area contributed by atoms with Gasteiger partial charge in [0.2, 0.25) is 0 Å². The number of fused-ring (bicyclic) bond motifs is 1. The van der Waals surface area contributed by atoms with Gasteiger partial charge in [-0.3, -0.25) is 9.98 Å². The number of piperazine rings is 1. The Hall–Kier alpha value is -2.31. The normalized spacial score (nSPS) is 20.2. The minimum absolute atomic E-state index is 0.222. The fourth-order valence-corrected chi connectivity index (χ4v) is 3.12. The lowest BCUT2D eigenvalue weighted by atomic mass is 10.2. The number of rotatable bonds is 2. The van der Waals surface area contributed by atoms with E-state index in [9.17, 15) is 4.79 Å². The van der Waals surface area contributed by atoms with Crippen LogP contribution in [0.3, 0.4) is 0 Å². The van der Waals surface area contributed by atoms with Gasteiger partial charge in [0.15, 0.2) is 5.96 Å². The number of pyridine rings is 1. The van der Waals surface area contributed by atoms with Gasteiger partial charge in [-0.25, -0.2) is 4.79 Å². The Labute approximate surface area is 149 Å². The first-order valence-corrected chi connectivity index (χ1v) is 8.75. The van der Waals surface area contributed by atoms with Crippen molar-refractivity contribution in [2.45, 2.75) is 45.9 Å². The van der Waals surface area contributed by atoms with Crippen LogP contribution in [0.1, 0.15) is 31.9 Å². The van der Waals surface area contributed by atoms with Crippen molar-refractivity contribution in [2.24, 2.45) is 4.99 Å². The van der Waals surface area contributed by atoms with Crippen LogP contribution in [-0.2, 0) is 11.3 Å². The molecule has 0 aromatic carbocycles. The first-order valence-electron chi connectivity index (χ1n) is 8.75. The van der Waals surface area contributed by atoms with Gasteiger partial charge in [0.05, 0.1) is 12.6 Å². The van der Waals surface area contributed by atoms with Gasteiger partial charge in [0.1, 0.15) is 5.60 Å². The van der Waals surface area contributed by atoms with Crippen LogP contribution in [0.5, 0.6) is 0 Å². The maximum atomic E-state index is 12.3. The summed E-state index contributed by atoms with van der Waals surface area (Å²) in [5.74, 6) is 0.912. The van der Waals surface area contributed by atoms with Crippen LogP contribution in [-0.4, -0.2) is 64.7 Å². The van der Waals surface area contributed by atoms with Gasteiger partial charge in [-0.15, -0.1) is 0 Å². The van der Waals surface area contributed by atoms with E-state index in [0.29, 0.717) is 26.2 Å². The second-order valence-corrected chi connectivity index (χ2v) is 7.66. The highest BCUT2D eigenvalue weighted by atomic mass is 16.6. The number of ether oxygens (including phenoxy) is 1. The first-order chi connectivity index (χ1) is 11.8. The maximum Gasteiger partial charge on any atom is 0.410 e. The Bertz CT molecular complexity index is 668. The van der Waals surface area contributed by atoms with Gasteiger partial charge >= 0.3 is 6.09 Å². The lowest BCUT2D eigenvalue weighted by Gasteiger charge is -2.39. The third-order valence-electron chi connectivity index (χ3n) is 4.24. The molecule has 0 spiro atoms. The van der Waals surface area contributed by atoms with Crippen LogP contribution >= 0.6 is 0 Å². The lowest BCUT2D eigenvalue weighted by Crippen LogP contribution is -2.57. The number of nitrogens with one attached hydrogen (secondary N) is 1. The molecule has 1 unspecified atom stereocenters. The molecule has 0 bridgehead atoms. The Morgan fingerprint density at radius 3 is 2.88 bits per heavy atom. The zero-order valence-corrected chi connectivity index (χ0v) is 15.5. The van der Waals surface area contributed by atoms with Crippen molar-refractivity contribution < 1.29 is 9.53 Å². The van der Waals surface area contributed by atoms with E-state index in [-0.39, 0.29) is 12.1 Å². The predicted octanol–water partition coefficient (Wildman–Crippen LogP) is 1.77. The standard InChI is InChI=1S/C18H27N5O2/c1-13-7-14(9-19-8-13)10-20-16-21-11-15-12-22(5-6-23(15)16)17(24)25-18(2,3)4/h7-9,15H,5-6,10-12H2,1-4H3,(H,20,21). The molecule has 0 saturated carbocycles. The third-order valence-corrected chi connectivity index (χ3v) is 4.24. The number of aryl methyl sites for hydroxylation is 1. The van der Waals surface area contributed by atoms with Gasteiger partial charge in [-0.1, -0.05) is 6.07 Å². The largest absolute Gasteiger partial charge is 0.444 e. The fourth-order valence-electron chi connectivity index (χ4n) is 3.12. The molecule has 0 aliphatic carbocycles. The van der Waals surface area contributed by atoms with Gasteiger partial charge in [-0.2, -0.15) is 0 Å². The minimum Gasteiger partial charge on any atom is -0.444 e. The average molecular weight is 345 g/mol. The number of aromatic nitrogens is 1. The predicted molar refractivity (Wildman–Crippen MR) is 96.4 cm³/mol. The molecule has 0 radical (unpaired) electrons. The van der Waals surface area contributed by atoms with E-state index in [1.807, 2.05) is 40.1 Å². The Morgan fingerprint density at radius 2 is 2.16 bits per heavy atom. The van der Waals surface area contributed by atoms with E-state index in [2.05, 4.69) is 26.3 Å². The maximum absolute atomic E-state index is 12.3. The zero-order chi connectivity index (χ0) is 18.0. The molecular formula is C18H27N5O2. The van der Waals surface area contributed by atoms with Crippen LogP contribution < -0.4 is 5.32 Å². The highest BCUT2D eigenvalue weighted by Gasteiger charge is 2.36. The Kier molecular flexibility index (Phi) is 4.83. The van der Waals surface area contributed by atoms with Crippen molar-refractivity contribution in [3.8, 4) is 0 Å². The number of amides is 1. The van der Waals surface area contributed by atoms with Crippen LogP contribution in [0.15, 0.2) is 23.5 Å². The van der Waals surface area contributed by atoms with Gasteiger partial charge in [-0.05, 0) is 38.8 Å². The summed E-state index contributed by atoms with van der Waals surface area (Å²) in [7, 11) is 0. The van der Waals surface area contributed by atoms with E-state index < -0.39 is 5.60 Å². The summed E-state index contributed by atoms with van der Waals surface area (Å²) in [4.78, 5) is 25.1. The summed E-state index contributed by atoms with van der Waals surface area (Å²) >= 11 is 0. The number of carbonyl (C=O) groups is 1. The Balaban J connectivity index is 1.53. The summed E-state index contributed by atoms with van der Waals surface area (Å²) in [5, 5.41) is 3.41. The summed E-state index contributed by atoms with van der Waals surface area (Å²) in [6, 6.07) is 2.34. The van der Waals surface area contributed by atoms with Crippen LogP contribution in [0.4, 0.5) is 4.79 Å². The van der Waals surface area contributed by atoms with Crippen molar-refractivity contribution in [1.82, 2.24) is 20.1 Å². The molecule has 1 atom stereocenters. The van der Waals surface area contributed by atoms with E-state index in [0.717, 1.165) is 23.6 Å². The molecule has 1 aromatic rings. The average Bonchev–Trinajstić information content (AvgIpc) is 2.93. The SMILES string of the molecule is Cc1cncc(CNC2=NCC3CN(C(=O)OC(C)(C)C)CCN23)c1. The van der Waals surface area contributed by atoms with E-state index in [1.54, 1.807) is 4.90 Å². The van der Waals surface area contributed by atoms with E-state index in [1.165, 1.54) is 0 Å². The number of aliphatic imine (C=N–C) groups is 1. The number of nitrogens with zero attached hydrogens (tertiary/aromatic N) is 4. The number of carbonyl (C=O) groups excluding carboxylic acids is 1. The zero-order valence-electron chi connectivity index (χ0n) is 15.5. The molecule has 1 saturated heterocycles. The third kappa shape index (κ3) is 4.41. The van der Waals surface area contributed by atoms with E-state index >= 15 is 0 Å². The molecule has 2 aliphatic rings. The molecule has 136 valence electrons. The second kappa shape index (κ2) is 6.90. The lowest BCUT2D eigenvalue weighted by molar-refractivity contribution is 0.0137. The smallest absolute Gasteiger partial charge is 0.410 e. The summed E-state index contributed by atoms with van der Waals surface area (Å²) in [6.07, 6.45) is 3.48. The van der Waals surface area contributed by atoms with Crippen LogP contribution in [0.2, 0.25) is 0 Å². The molecule has 7 heteroatoms. The molecule has 2 aliphatic heterocycles. The molecule has 25 heavy (non-hydrogen) atoms. The van der Waals surface area contributed by atoms with Gasteiger partial charge < -0.3 is 19.9 Å². The summed E-state index contributed by atoms with van der Waals surface area (Å²) < 4.78 is 5.48. The topological polar surface area (TPSA) is 70.1 Å². The van der Waals surface area contributed by atoms with Crippen molar-refractivity contribution in [1.29, 1.82) is 0 Å². The molecule has 1 aromatic heterocycles. The second-order valence-electron chi connectivity index (χ2n) is 7.66. The monoisotopic (exact) mass is 345 g/mol. The van der Waals surface area contributed by atoms with Gasteiger partial charge in [0.25, 0.3) is 0 Å². The van der Waals surface area contributed by atoms with Crippen LogP contribution in [0, 0.1) is 6.92 Å². The van der Waals surface area contributed by atoms with E-state index in [4.69, 9.17) is 4.74 Å². The number of guanidine groups is 1. The summed E-state index contributed by atoms with van der Waals surface area (Å²) in [6.45, 7) is 11.2. The van der Waals surface area contributed by atoms with Crippen molar-refractivity contribution in [3.05, 3.63) is 29.6 Å². The number of hydrogen-bond acceptors (Lipinski definition) is 6. The minimum atomic E-state index is -0.463. The molecule has 1 amide bonds. The van der Waals surface area contributed by atoms with Crippen molar-refractivity contribution in [2.75, 3.05) is 26.2 Å². The quantitative estimate of drug-likeness (QED) is 0.885. The Morgan fingerprint density at radius 1 is 1.36 bits per heavy atom. The highest BCUT2D eigenvalue weighted by molar-refractivity contribution is 5.82. The summed E-state index contributed by atoms with van der Waals surface area (Å²) in [5.41, 5.74) is 1.82. The molecule has 3 rings (SSSR count). The van der Waals surface area contributed by atoms with Crippen molar-refractivity contribution >= 4 is 12.1 Å². The molecular weight excluding hydrogens is 318 g/mol. The molecule has 3 heterocycles. The molecule has 1 fully saturated rings. The number of hydrogen-bond donors (Lipinski definition) is 1. The van der Waals surface area contributed by atoms with Crippen LogP contribution in [0.25, 0.3) is 0 Å². The first kappa shape index (κ1) is 17.5. The van der Waals surface area contributed by atoms with Crippen molar-refractivity contribution in [3.63, 3.8) is 0 Å². The fraction of sp³-hybridized carbons (Fsp3) is 0.611. The highest BCUT2D eigenvalue weighted by Crippen LogP contribution is 2.18. The molecule has 1 N–H and O–H groups in total. The molecule has 7 nitrogen and oxygen atoms in total. The van der Waals surface area contributed by atoms with Gasteiger partial charge in [0, 0.05) is 38.6 Å².